The summed E-state index contributed by atoms with van der Waals surface area (Å²) < 4.78 is 54.0. The number of hydrogen-bond acceptors (Lipinski definition) is 5. The lowest BCUT2D eigenvalue weighted by Gasteiger charge is -2.24. The molecule has 1 saturated heterocycles. The molecule has 3 aliphatic rings. The van der Waals surface area contributed by atoms with Crippen molar-refractivity contribution < 1.29 is 37.6 Å². The van der Waals surface area contributed by atoms with Crippen LogP contribution in [0, 0.1) is 13.8 Å². The maximum atomic E-state index is 15.3. The Morgan fingerprint density at radius 1 is 1.05 bits per heavy atom. The van der Waals surface area contributed by atoms with Gasteiger partial charge in [-0.25, -0.2) is 8.78 Å². The highest BCUT2D eigenvalue weighted by molar-refractivity contribution is 5.74. The Labute approximate surface area is 239 Å². The summed E-state index contributed by atoms with van der Waals surface area (Å²) in [5.41, 5.74) is 4.24. The zero-order valence-electron chi connectivity index (χ0n) is 23.5. The van der Waals surface area contributed by atoms with Gasteiger partial charge in [0, 0.05) is 36.0 Å². The van der Waals surface area contributed by atoms with E-state index in [1.54, 1.807) is 18.2 Å². The number of aliphatic carboxylic acids is 1. The number of fused-ring (bicyclic) bond motifs is 1. The molecule has 218 valence electrons. The summed E-state index contributed by atoms with van der Waals surface area (Å²) in [6, 6.07) is 9.09. The van der Waals surface area contributed by atoms with Crippen LogP contribution in [0.4, 0.5) is 8.78 Å². The molecule has 0 unspecified atom stereocenters. The van der Waals surface area contributed by atoms with Crippen LogP contribution in [-0.4, -0.2) is 43.1 Å². The van der Waals surface area contributed by atoms with Crippen molar-refractivity contribution in [2.45, 2.75) is 70.5 Å². The van der Waals surface area contributed by atoms with Crippen LogP contribution < -0.4 is 14.2 Å². The van der Waals surface area contributed by atoms with Crippen molar-refractivity contribution in [1.82, 2.24) is 0 Å². The molecule has 0 radical (unpaired) electrons. The Hall–Kier alpha value is -3.65. The molecule has 0 bridgehead atoms. The molecular formula is C33H36F2O6. The molecular weight excluding hydrogens is 530 g/mol. The number of ether oxygens (including phenoxy) is 4. The van der Waals surface area contributed by atoms with E-state index in [1.807, 2.05) is 26.0 Å². The number of aryl methyl sites for hydroxylation is 2. The van der Waals surface area contributed by atoms with Crippen LogP contribution in [0.3, 0.4) is 0 Å². The number of hydrogen-bond donors (Lipinski definition) is 1. The third-order valence-electron chi connectivity index (χ3n) is 7.96. The van der Waals surface area contributed by atoms with Gasteiger partial charge in [0.1, 0.15) is 29.5 Å². The number of rotatable bonds is 7. The molecule has 2 atom stereocenters. The van der Waals surface area contributed by atoms with Gasteiger partial charge >= 0.3 is 5.97 Å². The number of halogens is 2. The summed E-state index contributed by atoms with van der Waals surface area (Å²) in [6.45, 7) is 9.42. The van der Waals surface area contributed by atoms with Gasteiger partial charge in [0.2, 0.25) is 0 Å². The summed E-state index contributed by atoms with van der Waals surface area (Å²) >= 11 is 0. The van der Waals surface area contributed by atoms with Crippen molar-refractivity contribution in [3.05, 3.63) is 82.5 Å². The van der Waals surface area contributed by atoms with Crippen LogP contribution in [0.2, 0.25) is 0 Å². The van der Waals surface area contributed by atoms with Crippen LogP contribution in [0.5, 0.6) is 17.2 Å². The van der Waals surface area contributed by atoms with Crippen molar-refractivity contribution in [3.63, 3.8) is 0 Å². The van der Waals surface area contributed by atoms with Gasteiger partial charge < -0.3 is 24.1 Å². The Balaban J connectivity index is 1.32. The molecule has 1 N–H and O–H groups in total. The predicted molar refractivity (Wildman–Crippen MR) is 152 cm³/mol. The Morgan fingerprint density at radius 2 is 1.78 bits per heavy atom. The molecule has 0 aromatic heterocycles. The fraction of sp³-hybridized carbons (Fsp3) is 0.424. The Kier molecular flexibility index (Phi) is 8.78. The van der Waals surface area contributed by atoms with Gasteiger partial charge in [-0.15, -0.1) is 0 Å². The number of carboxylic acids is 1. The second kappa shape index (κ2) is 12.5. The van der Waals surface area contributed by atoms with Gasteiger partial charge in [0.25, 0.3) is 0 Å². The van der Waals surface area contributed by atoms with Crippen LogP contribution >= 0.6 is 0 Å². The standard InChI is InChI=1S/C33H36F2O6/c1-19-13-26(40-24-9-11-38-12-10-24)14-20(2)32(19)22-5-4-6-29(21(3)33(35)28(34)15-22)41-25-7-8-27-23(16-31(36)37)18-39-30(27)17-25/h7-8,13-15,17,23-24,29H,3-6,9-12,16,18H2,1-2H3,(H,36,37)/b22-15+,33-28-/t23-,29-/m1/s1. The first-order chi connectivity index (χ1) is 19.7. The molecule has 5 rings (SSSR count). The Morgan fingerprint density at radius 3 is 2.49 bits per heavy atom. The highest BCUT2D eigenvalue weighted by atomic mass is 19.2. The summed E-state index contributed by atoms with van der Waals surface area (Å²) in [6.07, 6.45) is 3.86. The number of carbonyl (C=O) groups is 1. The van der Waals surface area contributed by atoms with Crippen molar-refractivity contribution in [2.24, 2.45) is 0 Å². The fourth-order valence-electron chi connectivity index (χ4n) is 5.92. The van der Waals surface area contributed by atoms with Crippen molar-refractivity contribution in [2.75, 3.05) is 19.8 Å². The first-order valence-corrected chi connectivity index (χ1v) is 14.2. The molecule has 1 fully saturated rings. The van der Waals surface area contributed by atoms with E-state index in [0.29, 0.717) is 49.5 Å². The molecule has 1 aliphatic carbocycles. The molecule has 6 nitrogen and oxygen atoms in total. The first-order valence-electron chi connectivity index (χ1n) is 14.2. The highest BCUT2D eigenvalue weighted by Gasteiger charge is 2.28. The predicted octanol–water partition coefficient (Wildman–Crippen LogP) is 7.53. The van der Waals surface area contributed by atoms with Crippen molar-refractivity contribution in [3.8, 4) is 17.2 Å². The van der Waals surface area contributed by atoms with E-state index in [0.717, 1.165) is 40.8 Å². The van der Waals surface area contributed by atoms with E-state index in [1.165, 1.54) is 6.08 Å². The lowest BCUT2D eigenvalue weighted by atomic mass is 9.91. The monoisotopic (exact) mass is 566 g/mol. The van der Waals surface area contributed by atoms with Crippen molar-refractivity contribution >= 4 is 11.5 Å². The van der Waals surface area contributed by atoms with E-state index < -0.39 is 23.7 Å². The minimum absolute atomic E-state index is 0.0259. The van der Waals surface area contributed by atoms with Gasteiger partial charge in [-0.05, 0) is 79.6 Å². The van der Waals surface area contributed by atoms with Crippen molar-refractivity contribution in [1.29, 1.82) is 0 Å². The molecule has 2 aliphatic heterocycles. The zero-order chi connectivity index (χ0) is 29.1. The minimum atomic E-state index is -1.02. The third kappa shape index (κ3) is 6.64. The SMILES string of the molecule is C=C1/C(F)=C(F)\C=C(\c2c(C)cc(OC3CCOCC3)cc2C)CCC[C@H]1Oc1ccc2c(c1)OC[C@H]2CC(=O)O. The molecule has 8 heteroatoms. The molecule has 0 spiro atoms. The molecule has 2 aromatic carbocycles. The maximum absolute atomic E-state index is 15.3. The Bertz CT molecular complexity index is 1370. The third-order valence-corrected chi connectivity index (χ3v) is 7.96. The van der Waals surface area contributed by atoms with Gasteiger partial charge in [-0.3, -0.25) is 4.79 Å². The normalized spacial score (nSPS) is 24.8. The van der Waals surface area contributed by atoms with E-state index in [9.17, 15) is 4.79 Å². The minimum Gasteiger partial charge on any atom is -0.492 e. The smallest absolute Gasteiger partial charge is 0.304 e. The van der Waals surface area contributed by atoms with Gasteiger partial charge in [0.15, 0.2) is 11.7 Å². The lowest BCUT2D eigenvalue weighted by molar-refractivity contribution is -0.137. The topological polar surface area (TPSA) is 74.2 Å². The van der Waals surface area contributed by atoms with Gasteiger partial charge in [0.05, 0.1) is 26.2 Å². The van der Waals surface area contributed by atoms with Gasteiger partial charge in [-0.2, -0.15) is 0 Å². The van der Waals surface area contributed by atoms with E-state index in [-0.39, 0.29) is 30.6 Å². The zero-order valence-corrected chi connectivity index (χ0v) is 23.5. The molecule has 41 heavy (non-hydrogen) atoms. The summed E-state index contributed by atoms with van der Waals surface area (Å²) in [4.78, 5) is 11.1. The maximum Gasteiger partial charge on any atom is 0.304 e. The van der Waals surface area contributed by atoms with E-state index >= 15 is 8.78 Å². The molecule has 2 heterocycles. The van der Waals surface area contributed by atoms with Gasteiger partial charge in [-0.1, -0.05) is 12.6 Å². The average Bonchev–Trinajstić information content (AvgIpc) is 3.33. The molecule has 0 saturated carbocycles. The second-order valence-electron chi connectivity index (χ2n) is 11.0. The van der Waals surface area contributed by atoms with E-state index in [2.05, 4.69) is 6.58 Å². The average molecular weight is 567 g/mol. The number of allylic oxidation sites excluding steroid dienone is 3. The fourth-order valence-corrected chi connectivity index (χ4v) is 5.92. The van der Waals surface area contributed by atoms with Crippen LogP contribution in [0.15, 0.2) is 60.2 Å². The summed E-state index contributed by atoms with van der Waals surface area (Å²) in [7, 11) is 0. The summed E-state index contributed by atoms with van der Waals surface area (Å²) in [5.74, 6) is -1.38. The quantitative estimate of drug-likeness (QED) is 0.373. The summed E-state index contributed by atoms with van der Waals surface area (Å²) in [5, 5.41) is 9.14. The largest absolute Gasteiger partial charge is 0.492 e. The number of carboxylic acid groups (broad SMARTS) is 1. The number of benzene rings is 2. The lowest BCUT2D eigenvalue weighted by Crippen LogP contribution is -2.25. The van der Waals surface area contributed by atoms with Crippen LogP contribution in [0.25, 0.3) is 5.57 Å². The van der Waals surface area contributed by atoms with E-state index in [4.69, 9.17) is 24.1 Å². The second-order valence-corrected chi connectivity index (χ2v) is 11.0. The van der Waals surface area contributed by atoms with Crippen LogP contribution in [-0.2, 0) is 9.53 Å². The highest BCUT2D eigenvalue weighted by Crippen LogP contribution is 2.40. The molecule has 2 aromatic rings. The first kappa shape index (κ1) is 28.9. The molecule has 0 amide bonds. The van der Waals surface area contributed by atoms with Crippen LogP contribution in [0.1, 0.15) is 66.7 Å².